The molecule has 1 aliphatic heterocycles. The van der Waals surface area contributed by atoms with Crippen LogP contribution in [0.4, 0.5) is 0 Å². The normalized spacial score (nSPS) is 15.1. The van der Waals surface area contributed by atoms with Crippen LogP contribution in [-0.2, 0) is 10.0 Å². The molecule has 1 aliphatic rings. The Balaban J connectivity index is 1.27. The van der Waals surface area contributed by atoms with E-state index in [1.807, 2.05) is 30.3 Å². The highest BCUT2D eigenvalue weighted by Crippen LogP contribution is 2.25. The second kappa shape index (κ2) is 8.62. The summed E-state index contributed by atoms with van der Waals surface area (Å²) < 4.78 is 33.0. The summed E-state index contributed by atoms with van der Waals surface area (Å²) in [6.45, 7) is 0.967. The molecule has 1 fully saturated rings. The molecular weight excluding hydrogens is 462 g/mol. The Morgan fingerprint density at radius 3 is 2.30 bits per heavy atom. The van der Waals surface area contributed by atoms with Crippen molar-refractivity contribution < 1.29 is 17.7 Å². The molecule has 5 rings (SSSR count). The van der Waals surface area contributed by atoms with E-state index in [0.717, 1.165) is 16.3 Å². The fourth-order valence-corrected chi connectivity index (χ4v) is 5.48. The van der Waals surface area contributed by atoms with E-state index in [2.05, 4.69) is 5.16 Å². The van der Waals surface area contributed by atoms with Gasteiger partial charge in [0.15, 0.2) is 11.5 Å². The van der Waals surface area contributed by atoms with Crippen LogP contribution in [-0.4, -0.2) is 54.9 Å². The maximum absolute atomic E-state index is 13.1. The van der Waals surface area contributed by atoms with E-state index in [4.69, 9.17) is 16.1 Å². The van der Waals surface area contributed by atoms with Gasteiger partial charge in [-0.15, -0.1) is 0 Å². The highest BCUT2D eigenvalue weighted by Gasteiger charge is 2.31. The number of amides is 1. The van der Waals surface area contributed by atoms with Crippen LogP contribution < -0.4 is 0 Å². The number of carbonyl (C=O) groups excluding carboxylic acids is 1. The minimum atomic E-state index is -3.65. The van der Waals surface area contributed by atoms with Crippen molar-refractivity contribution in [1.82, 2.24) is 14.4 Å². The number of piperazine rings is 1. The van der Waals surface area contributed by atoms with Crippen LogP contribution in [0.25, 0.3) is 22.1 Å². The van der Waals surface area contributed by atoms with Gasteiger partial charge in [0.25, 0.3) is 5.91 Å². The number of rotatable bonds is 4. The summed E-state index contributed by atoms with van der Waals surface area (Å²) in [4.78, 5) is 14.7. The number of hydrogen-bond donors (Lipinski definition) is 0. The van der Waals surface area contributed by atoms with Gasteiger partial charge in [0, 0.05) is 42.8 Å². The summed E-state index contributed by atoms with van der Waals surface area (Å²) in [5.74, 6) is 0.175. The van der Waals surface area contributed by atoms with E-state index in [9.17, 15) is 13.2 Å². The Kier molecular flexibility index (Phi) is 5.65. The summed E-state index contributed by atoms with van der Waals surface area (Å²) in [6.07, 6.45) is 0. The summed E-state index contributed by atoms with van der Waals surface area (Å²) >= 11 is 5.91. The quantitative estimate of drug-likeness (QED) is 0.434. The molecule has 4 aromatic rings. The Morgan fingerprint density at radius 2 is 1.58 bits per heavy atom. The molecule has 0 radical (unpaired) electrons. The zero-order chi connectivity index (χ0) is 23.0. The molecule has 0 spiro atoms. The molecule has 1 saturated heterocycles. The third-order valence-electron chi connectivity index (χ3n) is 5.74. The van der Waals surface area contributed by atoms with Crippen molar-refractivity contribution in [2.24, 2.45) is 0 Å². The summed E-state index contributed by atoms with van der Waals surface area (Å²) in [5, 5.41) is 6.36. The van der Waals surface area contributed by atoms with E-state index >= 15 is 0 Å². The Labute approximate surface area is 196 Å². The monoisotopic (exact) mass is 481 g/mol. The van der Waals surface area contributed by atoms with Gasteiger partial charge >= 0.3 is 0 Å². The maximum Gasteiger partial charge on any atom is 0.276 e. The van der Waals surface area contributed by atoms with Crippen LogP contribution in [0.5, 0.6) is 0 Å². The van der Waals surface area contributed by atoms with Crippen molar-refractivity contribution in [2.75, 3.05) is 26.2 Å². The highest BCUT2D eigenvalue weighted by atomic mass is 35.5. The molecule has 9 heteroatoms. The largest absolute Gasteiger partial charge is 0.355 e. The molecule has 0 bridgehead atoms. The molecule has 2 heterocycles. The first kappa shape index (κ1) is 21.6. The Morgan fingerprint density at radius 1 is 0.879 bits per heavy atom. The van der Waals surface area contributed by atoms with Gasteiger partial charge in [0.2, 0.25) is 10.0 Å². The number of carbonyl (C=O) groups is 1. The third kappa shape index (κ3) is 4.25. The second-order valence-electron chi connectivity index (χ2n) is 7.79. The molecule has 1 amide bonds. The number of fused-ring (bicyclic) bond motifs is 1. The first-order valence-corrected chi connectivity index (χ1v) is 12.2. The molecule has 1 aromatic heterocycles. The van der Waals surface area contributed by atoms with Crippen LogP contribution in [0.2, 0.25) is 5.02 Å². The van der Waals surface area contributed by atoms with Crippen LogP contribution in [0.15, 0.2) is 82.2 Å². The molecule has 0 N–H and O–H groups in total. The number of halogens is 1. The molecule has 0 atom stereocenters. The smallest absolute Gasteiger partial charge is 0.276 e. The lowest BCUT2D eigenvalue weighted by atomic mass is 10.1. The van der Waals surface area contributed by atoms with Gasteiger partial charge in [0.05, 0.1) is 4.90 Å². The summed E-state index contributed by atoms with van der Waals surface area (Å²) in [5.41, 5.74) is 0.947. The Hall–Kier alpha value is -3.20. The van der Waals surface area contributed by atoms with Crippen LogP contribution in [0.1, 0.15) is 10.5 Å². The lowest BCUT2D eigenvalue weighted by molar-refractivity contribution is 0.0687. The van der Waals surface area contributed by atoms with Gasteiger partial charge < -0.3 is 9.42 Å². The number of sulfonamides is 1. The number of hydrogen-bond acceptors (Lipinski definition) is 5. The van der Waals surface area contributed by atoms with Gasteiger partial charge in [-0.3, -0.25) is 4.79 Å². The second-order valence-corrected chi connectivity index (χ2v) is 10.2. The van der Waals surface area contributed by atoms with Gasteiger partial charge in [-0.1, -0.05) is 47.1 Å². The lowest BCUT2D eigenvalue weighted by Crippen LogP contribution is -2.50. The van der Waals surface area contributed by atoms with Crippen LogP contribution >= 0.6 is 11.6 Å². The topological polar surface area (TPSA) is 83.7 Å². The van der Waals surface area contributed by atoms with E-state index in [1.165, 1.54) is 4.31 Å². The molecular formula is C24H20ClN3O4S. The zero-order valence-corrected chi connectivity index (χ0v) is 19.1. The van der Waals surface area contributed by atoms with Gasteiger partial charge in [-0.05, 0) is 47.2 Å². The van der Waals surface area contributed by atoms with Crippen molar-refractivity contribution in [2.45, 2.75) is 4.90 Å². The van der Waals surface area contributed by atoms with Crippen molar-refractivity contribution in [3.05, 3.63) is 83.5 Å². The zero-order valence-electron chi connectivity index (χ0n) is 17.5. The predicted molar refractivity (Wildman–Crippen MR) is 126 cm³/mol. The lowest BCUT2D eigenvalue weighted by Gasteiger charge is -2.33. The predicted octanol–water partition coefficient (Wildman–Crippen LogP) is 4.29. The number of nitrogens with zero attached hydrogens (tertiary/aromatic N) is 3. The SMILES string of the molecule is O=C(c1cc(-c2ccc(Cl)cc2)on1)N1CCN(S(=O)(=O)c2ccc3ccccc3c2)CC1. The minimum absolute atomic E-state index is 0.186. The van der Waals surface area contributed by atoms with E-state index in [1.54, 1.807) is 47.4 Å². The van der Waals surface area contributed by atoms with Crippen molar-refractivity contribution in [3.63, 3.8) is 0 Å². The minimum Gasteiger partial charge on any atom is -0.355 e. The molecule has 0 saturated carbocycles. The van der Waals surface area contributed by atoms with E-state index in [-0.39, 0.29) is 42.7 Å². The molecule has 0 unspecified atom stereocenters. The first-order valence-electron chi connectivity index (χ1n) is 10.4. The van der Waals surface area contributed by atoms with Crippen molar-refractivity contribution >= 4 is 38.3 Å². The van der Waals surface area contributed by atoms with Gasteiger partial charge in [-0.25, -0.2) is 8.42 Å². The van der Waals surface area contributed by atoms with Gasteiger partial charge in [-0.2, -0.15) is 4.31 Å². The fourth-order valence-electron chi connectivity index (χ4n) is 3.90. The average molecular weight is 482 g/mol. The molecule has 3 aromatic carbocycles. The fraction of sp³-hybridized carbons (Fsp3) is 0.167. The van der Waals surface area contributed by atoms with E-state index in [0.29, 0.717) is 10.8 Å². The molecule has 33 heavy (non-hydrogen) atoms. The van der Waals surface area contributed by atoms with E-state index < -0.39 is 10.0 Å². The number of benzene rings is 3. The molecule has 7 nitrogen and oxygen atoms in total. The molecule has 168 valence electrons. The standard InChI is InChI=1S/C24H20ClN3O4S/c25-20-8-5-18(6-9-20)23-16-22(26-32-23)24(29)27-11-13-28(14-12-27)33(30,31)21-10-7-17-3-1-2-4-19(17)15-21/h1-10,15-16H,11-14H2. The van der Waals surface area contributed by atoms with Crippen LogP contribution in [0.3, 0.4) is 0 Å². The number of aromatic nitrogens is 1. The maximum atomic E-state index is 13.1. The summed E-state index contributed by atoms with van der Waals surface area (Å²) in [7, 11) is -3.65. The van der Waals surface area contributed by atoms with Crippen molar-refractivity contribution in [1.29, 1.82) is 0 Å². The first-order chi connectivity index (χ1) is 15.9. The van der Waals surface area contributed by atoms with Crippen LogP contribution in [0, 0.1) is 0 Å². The van der Waals surface area contributed by atoms with Crippen molar-refractivity contribution in [3.8, 4) is 11.3 Å². The third-order valence-corrected chi connectivity index (χ3v) is 7.89. The van der Waals surface area contributed by atoms with Gasteiger partial charge in [0.1, 0.15) is 0 Å². The molecule has 0 aliphatic carbocycles. The summed E-state index contributed by atoms with van der Waals surface area (Å²) in [6, 6.07) is 21.4. The highest BCUT2D eigenvalue weighted by molar-refractivity contribution is 7.89. The Bertz CT molecular complexity index is 1430. The average Bonchev–Trinajstić information content (AvgIpc) is 3.34.